The average molecular weight is 307 g/mol. The molecule has 2 fully saturated rings. The Morgan fingerprint density at radius 2 is 2.20 bits per heavy atom. The quantitative estimate of drug-likeness (QED) is 0.801. The van der Waals surface area contributed by atoms with Crippen LogP contribution in [0, 0.1) is 0 Å². The molecule has 1 aromatic carbocycles. The van der Waals surface area contributed by atoms with Crippen LogP contribution in [0.25, 0.3) is 10.2 Å². The van der Waals surface area contributed by atoms with Crippen molar-refractivity contribution in [2.75, 3.05) is 6.54 Å². The van der Waals surface area contributed by atoms with E-state index < -0.39 is 0 Å². The Labute approximate surface area is 128 Å². The van der Waals surface area contributed by atoms with Gasteiger partial charge in [0.2, 0.25) is 0 Å². The molecular formula is C16H19ClN2S. The van der Waals surface area contributed by atoms with E-state index in [9.17, 15) is 0 Å². The largest absolute Gasteiger partial charge is 0.298 e. The summed E-state index contributed by atoms with van der Waals surface area (Å²) in [4.78, 5) is 7.50. The third-order valence-electron chi connectivity index (χ3n) is 4.90. The minimum atomic E-state index is 0.670. The van der Waals surface area contributed by atoms with Crippen LogP contribution in [-0.2, 0) is 0 Å². The van der Waals surface area contributed by atoms with Crippen molar-refractivity contribution < 1.29 is 0 Å². The molecule has 1 atom stereocenters. The zero-order valence-corrected chi connectivity index (χ0v) is 13.3. The summed E-state index contributed by atoms with van der Waals surface area (Å²) in [6.45, 7) is 3.67. The molecule has 1 saturated heterocycles. The lowest BCUT2D eigenvalue weighted by Gasteiger charge is -2.42. The van der Waals surface area contributed by atoms with Crippen molar-refractivity contribution in [3.63, 3.8) is 0 Å². The predicted octanol–water partition coefficient (Wildman–Crippen LogP) is 4.68. The summed E-state index contributed by atoms with van der Waals surface area (Å²) in [6.07, 6.45) is 5.33. The first-order valence-corrected chi connectivity index (χ1v) is 8.72. The van der Waals surface area contributed by atoms with Crippen molar-refractivity contribution in [2.24, 2.45) is 0 Å². The maximum absolute atomic E-state index is 6.04. The zero-order chi connectivity index (χ0) is 13.7. The summed E-state index contributed by atoms with van der Waals surface area (Å²) in [7, 11) is 0. The molecule has 0 radical (unpaired) electrons. The van der Waals surface area contributed by atoms with E-state index in [0.29, 0.717) is 5.92 Å². The molecule has 106 valence electrons. The van der Waals surface area contributed by atoms with Gasteiger partial charge >= 0.3 is 0 Å². The Bertz CT molecular complexity index is 632. The number of nitrogens with zero attached hydrogens (tertiary/aromatic N) is 2. The highest BCUT2D eigenvalue weighted by Crippen LogP contribution is 2.44. The third-order valence-corrected chi connectivity index (χ3v) is 6.34. The monoisotopic (exact) mass is 306 g/mol. The highest BCUT2D eigenvalue weighted by molar-refractivity contribution is 7.18. The summed E-state index contributed by atoms with van der Waals surface area (Å²) >= 11 is 7.89. The number of aromatic nitrogens is 1. The molecule has 1 aromatic heterocycles. The Hall–Kier alpha value is -0.640. The topological polar surface area (TPSA) is 16.1 Å². The molecule has 0 N–H and O–H groups in total. The normalized spacial score (nSPS) is 30.8. The minimum Gasteiger partial charge on any atom is -0.298 e. The number of benzene rings is 1. The average Bonchev–Trinajstić information content (AvgIpc) is 2.94. The number of halogens is 1. The lowest BCUT2D eigenvalue weighted by molar-refractivity contribution is 0.103. The van der Waals surface area contributed by atoms with Gasteiger partial charge in [0.25, 0.3) is 0 Å². The van der Waals surface area contributed by atoms with Crippen LogP contribution in [-0.4, -0.2) is 28.5 Å². The zero-order valence-electron chi connectivity index (χ0n) is 11.7. The van der Waals surface area contributed by atoms with E-state index in [0.717, 1.165) is 22.6 Å². The van der Waals surface area contributed by atoms with E-state index in [-0.39, 0.29) is 0 Å². The molecule has 2 heterocycles. The molecular weight excluding hydrogens is 288 g/mol. The fourth-order valence-corrected chi connectivity index (χ4v) is 4.89. The lowest BCUT2D eigenvalue weighted by Crippen LogP contribution is -2.45. The van der Waals surface area contributed by atoms with Gasteiger partial charge in [0, 0.05) is 23.0 Å². The highest BCUT2D eigenvalue weighted by atomic mass is 35.5. The van der Waals surface area contributed by atoms with Crippen LogP contribution >= 0.6 is 22.9 Å². The van der Waals surface area contributed by atoms with Crippen LogP contribution in [0.3, 0.4) is 0 Å². The van der Waals surface area contributed by atoms with Crippen LogP contribution in [0.1, 0.15) is 43.5 Å². The molecule has 0 amide bonds. The lowest BCUT2D eigenvalue weighted by atomic mass is 9.79. The van der Waals surface area contributed by atoms with Crippen molar-refractivity contribution in [1.82, 2.24) is 9.88 Å². The van der Waals surface area contributed by atoms with Crippen LogP contribution < -0.4 is 0 Å². The van der Waals surface area contributed by atoms with E-state index in [2.05, 4.69) is 17.9 Å². The number of fused-ring (bicyclic) bond motifs is 1. The molecule has 4 rings (SSSR count). The third kappa shape index (κ3) is 2.16. The predicted molar refractivity (Wildman–Crippen MR) is 85.8 cm³/mol. The van der Waals surface area contributed by atoms with E-state index in [1.165, 1.54) is 41.9 Å². The van der Waals surface area contributed by atoms with Gasteiger partial charge in [-0.25, -0.2) is 4.98 Å². The van der Waals surface area contributed by atoms with Crippen LogP contribution in [0.15, 0.2) is 18.2 Å². The summed E-state index contributed by atoms with van der Waals surface area (Å²) < 4.78 is 1.27. The molecule has 0 bridgehead atoms. The Kier molecular flexibility index (Phi) is 3.24. The summed E-state index contributed by atoms with van der Waals surface area (Å²) in [5.41, 5.74) is 1.07. The van der Waals surface area contributed by atoms with Crippen molar-refractivity contribution in [2.45, 2.75) is 50.6 Å². The molecule has 2 nitrogen and oxygen atoms in total. The van der Waals surface area contributed by atoms with E-state index >= 15 is 0 Å². The fraction of sp³-hybridized carbons (Fsp3) is 0.562. The Morgan fingerprint density at radius 1 is 1.35 bits per heavy atom. The first-order chi connectivity index (χ1) is 9.70. The van der Waals surface area contributed by atoms with Gasteiger partial charge in [-0.05, 0) is 57.4 Å². The van der Waals surface area contributed by atoms with E-state index in [1.807, 2.05) is 23.5 Å². The number of hydrogen-bond acceptors (Lipinski definition) is 3. The number of likely N-dealkylation sites (tertiary alicyclic amines) is 1. The molecule has 1 aliphatic carbocycles. The molecule has 20 heavy (non-hydrogen) atoms. The summed E-state index contributed by atoms with van der Waals surface area (Å²) in [5.74, 6) is 0.670. The molecule has 1 unspecified atom stereocenters. The smallest absolute Gasteiger partial charge is 0.0970 e. The van der Waals surface area contributed by atoms with E-state index in [4.69, 9.17) is 16.6 Å². The summed E-state index contributed by atoms with van der Waals surface area (Å²) in [6, 6.07) is 7.62. The van der Waals surface area contributed by atoms with Crippen LogP contribution in [0.2, 0.25) is 5.02 Å². The second kappa shape index (κ2) is 4.97. The Balaban J connectivity index is 1.49. The van der Waals surface area contributed by atoms with Crippen molar-refractivity contribution in [3.05, 3.63) is 28.2 Å². The van der Waals surface area contributed by atoms with Gasteiger partial charge in [-0.2, -0.15) is 0 Å². The van der Waals surface area contributed by atoms with E-state index in [1.54, 1.807) is 0 Å². The number of thiazole rings is 1. The standard InChI is InChI=1S/C16H19ClN2S/c1-10-3-2-6-19(10)13-7-11(8-13)16-18-14-9-12(17)4-5-15(14)20-16/h4-5,9-11,13H,2-3,6-8H2,1H3/t10?,11-,13-. The molecule has 1 aliphatic heterocycles. The first kappa shape index (κ1) is 13.1. The molecule has 4 heteroatoms. The Morgan fingerprint density at radius 3 is 2.95 bits per heavy atom. The SMILES string of the molecule is CC1CCCN1[C@H]1C[C@H](c2nc3cc(Cl)ccc3s2)C1. The van der Waals surface area contributed by atoms with Gasteiger partial charge in [-0.15, -0.1) is 11.3 Å². The minimum absolute atomic E-state index is 0.670. The number of hydrogen-bond donors (Lipinski definition) is 0. The second-order valence-electron chi connectivity index (χ2n) is 6.22. The molecule has 0 spiro atoms. The maximum Gasteiger partial charge on any atom is 0.0970 e. The van der Waals surface area contributed by atoms with Gasteiger partial charge in [0.1, 0.15) is 0 Å². The maximum atomic E-state index is 6.04. The summed E-state index contributed by atoms with van der Waals surface area (Å²) in [5, 5.41) is 2.09. The highest BCUT2D eigenvalue weighted by Gasteiger charge is 2.39. The number of rotatable bonds is 2. The van der Waals surface area contributed by atoms with Gasteiger partial charge in [0.05, 0.1) is 15.2 Å². The van der Waals surface area contributed by atoms with Gasteiger partial charge in [-0.3, -0.25) is 4.90 Å². The second-order valence-corrected chi connectivity index (χ2v) is 7.71. The fourth-order valence-electron chi connectivity index (χ4n) is 3.65. The molecule has 1 saturated carbocycles. The van der Waals surface area contributed by atoms with Crippen molar-refractivity contribution in [1.29, 1.82) is 0 Å². The van der Waals surface area contributed by atoms with Gasteiger partial charge < -0.3 is 0 Å². The van der Waals surface area contributed by atoms with Crippen molar-refractivity contribution >= 4 is 33.2 Å². The molecule has 2 aromatic rings. The first-order valence-electron chi connectivity index (χ1n) is 7.52. The van der Waals surface area contributed by atoms with Crippen molar-refractivity contribution in [3.8, 4) is 0 Å². The molecule has 2 aliphatic rings. The van der Waals surface area contributed by atoms with Gasteiger partial charge in [0.15, 0.2) is 0 Å². The van der Waals surface area contributed by atoms with Crippen LogP contribution in [0.4, 0.5) is 0 Å². The van der Waals surface area contributed by atoms with Crippen LogP contribution in [0.5, 0.6) is 0 Å². The van der Waals surface area contributed by atoms with Gasteiger partial charge in [-0.1, -0.05) is 11.6 Å².